The van der Waals surface area contributed by atoms with Crippen molar-refractivity contribution in [2.24, 2.45) is 0 Å². The van der Waals surface area contributed by atoms with Gasteiger partial charge in [-0.05, 0) is 52.3 Å². The van der Waals surface area contributed by atoms with E-state index in [4.69, 9.17) is 4.74 Å². The summed E-state index contributed by atoms with van der Waals surface area (Å²) < 4.78 is 35.4. The molecule has 0 radical (unpaired) electrons. The third-order valence-electron chi connectivity index (χ3n) is 6.09. The normalized spacial score (nSPS) is 11.4. The van der Waals surface area contributed by atoms with Gasteiger partial charge in [0.1, 0.15) is 11.4 Å². The SMILES string of the molecule is COc1cc(NC(C)=O)c(C(=O)c2c(Sc3ccccc3)c3ccccc3n2S(=O)(=O)c2ccccc2)cc1Br. The first-order valence-corrected chi connectivity index (χ1v) is 15.1. The minimum Gasteiger partial charge on any atom is -0.495 e. The third-order valence-corrected chi connectivity index (χ3v) is 9.57. The number of nitrogens with one attached hydrogen (secondary N) is 1. The Kier molecular flexibility index (Phi) is 7.84. The number of ketones is 1. The molecular formula is C30H23BrN2O5S2. The maximum atomic E-state index is 14.6. The maximum Gasteiger partial charge on any atom is 0.268 e. The van der Waals surface area contributed by atoms with Crippen molar-refractivity contribution >= 4 is 66.0 Å². The van der Waals surface area contributed by atoms with Crippen molar-refractivity contribution in [3.63, 3.8) is 0 Å². The summed E-state index contributed by atoms with van der Waals surface area (Å²) in [4.78, 5) is 28.0. The molecule has 1 N–H and O–H groups in total. The van der Waals surface area contributed by atoms with Crippen LogP contribution in [0.15, 0.2) is 116 Å². The van der Waals surface area contributed by atoms with Crippen LogP contribution in [0.25, 0.3) is 10.9 Å². The molecule has 0 atom stereocenters. The van der Waals surface area contributed by atoms with Crippen molar-refractivity contribution in [2.45, 2.75) is 21.6 Å². The molecule has 4 aromatic carbocycles. The van der Waals surface area contributed by atoms with E-state index in [1.165, 1.54) is 50.1 Å². The van der Waals surface area contributed by atoms with Gasteiger partial charge in [-0.2, -0.15) is 0 Å². The molecule has 1 amide bonds. The molecule has 10 heteroatoms. The molecule has 0 bridgehead atoms. The van der Waals surface area contributed by atoms with E-state index in [1.54, 1.807) is 42.5 Å². The first kappa shape index (κ1) is 27.7. The van der Waals surface area contributed by atoms with Crippen LogP contribution in [0.5, 0.6) is 5.75 Å². The van der Waals surface area contributed by atoms with E-state index in [2.05, 4.69) is 21.2 Å². The molecule has 7 nitrogen and oxygen atoms in total. The highest BCUT2D eigenvalue weighted by Gasteiger charge is 2.33. The van der Waals surface area contributed by atoms with Gasteiger partial charge in [0.05, 0.1) is 32.6 Å². The van der Waals surface area contributed by atoms with Gasteiger partial charge in [-0.1, -0.05) is 66.4 Å². The van der Waals surface area contributed by atoms with Gasteiger partial charge in [-0.15, -0.1) is 0 Å². The number of benzene rings is 4. The van der Waals surface area contributed by atoms with Gasteiger partial charge in [-0.25, -0.2) is 12.4 Å². The van der Waals surface area contributed by atoms with E-state index in [-0.39, 0.29) is 21.8 Å². The summed E-state index contributed by atoms with van der Waals surface area (Å²) >= 11 is 4.73. The van der Waals surface area contributed by atoms with Gasteiger partial charge >= 0.3 is 0 Å². The lowest BCUT2D eigenvalue weighted by atomic mass is 10.0. The fourth-order valence-electron chi connectivity index (χ4n) is 4.35. The Balaban J connectivity index is 1.86. The van der Waals surface area contributed by atoms with Gasteiger partial charge in [0.15, 0.2) is 0 Å². The fraction of sp³-hybridized carbons (Fsp3) is 0.0667. The molecule has 0 aliphatic heterocycles. The summed E-state index contributed by atoms with van der Waals surface area (Å²) in [6.45, 7) is 1.33. The number of hydrogen-bond acceptors (Lipinski definition) is 6. The first-order chi connectivity index (χ1) is 19.2. The quantitative estimate of drug-likeness (QED) is 0.185. The Morgan fingerprint density at radius 2 is 1.52 bits per heavy atom. The van der Waals surface area contributed by atoms with Crippen LogP contribution in [0, 0.1) is 0 Å². The molecule has 40 heavy (non-hydrogen) atoms. The zero-order valence-electron chi connectivity index (χ0n) is 21.4. The van der Waals surface area contributed by atoms with Gasteiger partial charge < -0.3 is 10.1 Å². The Morgan fingerprint density at radius 3 is 2.17 bits per heavy atom. The van der Waals surface area contributed by atoms with Crippen LogP contribution in [0.1, 0.15) is 23.0 Å². The van der Waals surface area contributed by atoms with Gasteiger partial charge in [0.2, 0.25) is 11.7 Å². The number of amides is 1. The average molecular weight is 636 g/mol. The number of hydrogen-bond donors (Lipinski definition) is 1. The van der Waals surface area contributed by atoms with Crippen molar-refractivity contribution in [1.82, 2.24) is 3.97 Å². The number of fused-ring (bicyclic) bond motifs is 1. The number of methoxy groups -OCH3 is 1. The number of carbonyl (C=O) groups excluding carboxylic acids is 2. The molecule has 0 fully saturated rings. The van der Waals surface area contributed by atoms with Gasteiger partial charge in [0, 0.05) is 28.8 Å². The standard InChI is InChI=1S/C30H23BrN2O5S2/c1-19(34)32-25-18-27(38-2)24(31)17-23(25)29(35)28-30(39-20-11-5-3-6-12-20)22-15-9-10-16-26(22)33(28)40(36,37)21-13-7-4-8-14-21/h3-18H,1-2H3,(H,32,34). The molecule has 0 spiro atoms. The second-order valence-electron chi connectivity index (χ2n) is 8.74. The first-order valence-electron chi connectivity index (χ1n) is 12.1. The highest BCUT2D eigenvalue weighted by Crippen LogP contribution is 2.42. The van der Waals surface area contributed by atoms with E-state index in [9.17, 15) is 18.0 Å². The van der Waals surface area contributed by atoms with Gasteiger partial charge in [-0.3, -0.25) is 9.59 Å². The van der Waals surface area contributed by atoms with Crippen molar-refractivity contribution in [1.29, 1.82) is 0 Å². The number of ether oxygens (including phenoxy) is 1. The molecule has 202 valence electrons. The monoisotopic (exact) mass is 634 g/mol. The summed E-state index contributed by atoms with van der Waals surface area (Å²) in [5, 5.41) is 3.30. The average Bonchev–Trinajstić information content (AvgIpc) is 3.29. The van der Waals surface area contributed by atoms with Crippen LogP contribution < -0.4 is 10.1 Å². The Bertz CT molecular complexity index is 1850. The van der Waals surface area contributed by atoms with Crippen molar-refractivity contribution < 1.29 is 22.7 Å². The predicted octanol–water partition coefficient (Wildman–Crippen LogP) is 6.99. The Morgan fingerprint density at radius 1 is 0.900 bits per heavy atom. The summed E-state index contributed by atoms with van der Waals surface area (Å²) in [6, 6.07) is 27.5. The second-order valence-corrected chi connectivity index (χ2v) is 12.5. The molecule has 0 unspecified atom stereocenters. The molecule has 5 rings (SSSR count). The van der Waals surface area contributed by atoms with Crippen LogP contribution in [0.2, 0.25) is 0 Å². The lowest BCUT2D eigenvalue weighted by Gasteiger charge is -2.16. The minimum atomic E-state index is -4.22. The molecule has 0 saturated carbocycles. The van der Waals surface area contributed by atoms with Crippen LogP contribution >= 0.6 is 27.7 Å². The van der Waals surface area contributed by atoms with Gasteiger partial charge in [0.25, 0.3) is 10.0 Å². The maximum absolute atomic E-state index is 14.6. The number of nitrogens with zero attached hydrogens (tertiary/aromatic N) is 1. The number of para-hydroxylation sites is 1. The number of rotatable bonds is 8. The highest BCUT2D eigenvalue weighted by molar-refractivity contribution is 9.10. The van der Waals surface area contributed by atoms with Crippen molar-refractivity contribution in [2.75, 3.05) is 12.4 Å². The summed E-state index contributed by atoms with van der Waals surface area (Å²) in [5.41, 5.74) is 0.622. The predicted molar refractivity (Wildman–Crippen MR) is 160 cm³/mol. The molecule has 0 aliphatic carbocycles. The van der Waals surface area contributed by atoms with Crippen molar-refractivity contribution in [3.8, 4) is 5.75 Å². The van der Waals surface area contributed by atoms with E-state index < -0.39 is 21.7 Å². The van der Waals surface area contributed by atoms with Crippen LogP contribution in [0.4, 0.5) is 5.69 Å². The summed E-state index contributed by atoms with van der Waals surface area (Å²) in [5.74, 6) is -0.576. The van der Waals surface area contributed by atoms with E-state index >= 15 is 0 Å². The van der Waals surface area contributed by atoms with E-state index in [1.807, 2.05) is 30.3 Å². The molecule has 5 aromatic rings. The Labute approximate surface area is 244 Å². The zero-order chi connectivity index (χ0) is 28.4. The van der Waals surface area contributed by atoms with Crippen LogP contribution in [-0.2, 0) is 14.8 Å². The number of anilines is 1. The number of carbonyl (C=O) groups is 2. The molecule has 1 heterocycles. The topological polar surface area (TPSA) is 94.5 Å². The van der Waals surface area contributed by atoms with E-state index in [0.717, 1.165) is 8.87 Å². The highest BCUT2D eigenvalue weighted by atomic mass is 79.9. The zero-order valence-corrected chi connectivity index (χ0v) is 24.6. The lowest BCUT2D eigenvalue weighted by Crippen LogP contribution is -2.21. The van der Waals surface area contributed by atoms with Crippen LogP contribution in [-0.4, -0.2) is 31.2 Å². The Hall–Kier alpha value is -3.86. The molecular weight excluding hydrogens is 612 g/mol. The second kappa shape index (κ2) is 11.3. The fourth-order valence-corrected chi connectivity index (χ4v) is 7.55. The number of halogens is 1. The molecule has 1 aromatic heterocycles. The van der Waals surface area contributed by atoms with Crippen molar-refractivity contribution in [3.05, 3.63) is 113 Å². The van der Waals surface area contributed by atoms with Crippen LogP contribution in [0.3, 0.4) is 0 Å². The third kappa shape index (κ3) is 5.17. The smallest absolute Gasteiger partial charge is 0.268 e. The molecule has 0 saturated heterocycles. The minimum absolute atomic E-state index is 0.0393. The lowest BCUT2D eigenvalue weighted by molar-refractivity contribution is -0.114. The van der Waals surface area contributed by atoms with E-state index in [0.29, 0.717) is 26.0 Å². The largest absolute Gasteiger partial charge is 0.495 e. The summed E-state index contributed by atoms with van der Waals surface area (Å²) in [6.07, 6.45) is 0. The molecule has 0 aliphatic rings. The number of aromatic nitrogens is 1. The summed E-state index contributed by atoms with van der Waals surface area (Å²) in [7, 11) is -2.75.